The van der Waals surface area contributed by atoms with E-state index in [1.165, 1.54) is 17.8 Å². The Morgan fingerprint density at radius 3 is 2.45 bits per heavy atom. The summed E-state index contributed by atoms with van der Waals surface area (Å²) in [6, 6.07) is 25.5. The number of thioether (sulfide) groups is 1. The van der Waals surface area contributed by atoms with Gasteiger partial charge in [0.15, 0.2) is 0 Å². The van der Waals surface area contributed by atoms with E-state index in [-0.39, 0.29) is 11.3 Å². The van der Waals surface area contributed by atoms with Gasteiger partial charge >= 0.3 is 5.97 Å². The number of fused-ring (bicyclic) bond motifs is 1. The second kappa shape index (κ2) is 9.02. The summed E-state index contributed by atoms with van der Waals surface area (Å²) in [6.45, 7) is 2.01. The van der Waals surface area contributed by atoms with E-state index in [0.717, 1.165) is 21.9 Å². The molecule has 4 aromatic carbocycles. The second-order valence-corrected chi connectivity index (χ2v) is 8.07. The van der Waals surface area contributed by atoms with Crippen LogP contribution in [0.2, 0.25) is 0 Å². The van der Waals surface area contributed by atoms with Gasteiger partial charge in [-0.25, -0.2) is 4.79 Å². The molecule has 0 aliphatic carbocycles. The van der Waals surface area contributed by atoms with Crippen LogP contribution in [0.3, 0.4) is 0 Å². The Bertz CT molecular complexity index is 1290. The van der Waals surface area contributed by atoms with Gasteiger partial charge in [0.2, 0.25) is 0 Å². The van der Waals surface area contributed by atoms with E-state index in [1.807, 2.05) is 61.5 Å². The van der Waals surface area contributed by atoms with E-state index in [1.54, 1.807) is 24.3 Å². The second-order valence-electron chi connectivity index (χ2n) is 7.05. The number of nitro groups is 1. The summed E-state index contributed by atoms with van der Waals surface area (Å²) < 4.78 is 5.46. The molecule has 0 bridgehead atoms. The first-order valence-corrected chi connectivity index (χ1v) is 10.7. The van der Waals surface area contributed by atoms with Crippen LogP contribution in [0.4, 0.5) is 5.69 Å². The molecule has 0 amide bonds. The molecule has 5 nitrogen and oxygen atoms in total. The normalized spacial score (nSPS) is 10.7. The molecule has 0 aliphatic heterocycles. The van der Waals surface area contributed by atoms with Crippen molar-refractivity contribution >= 4 is 34.2 Å². The van der Waals surface area contributed by atoms with Gasteiger partial charge in [0.1, 0.15) is 5.75 Å². The Hall–Kier alpha value is -3.64. The SMILES string of the molecule is Cc1ccccc1CSc1ccc(C(=O)Oc2ccc3ccccc3c2)cc1[N+](=O)[O-]. The molecular weight excluding hydrogens is 410 g/mol. The van der Waals surface area contributed by atoms with E-state index >= 15 is 0 Å². The number of rotatable bonds is 6. The Morgan fingerprint density at radius 1 is 0.935 bits per heavy atom. The number of esters is 1. The van der Waals surface area contributed by atoms with Crippen molar-refractivity contribution in [3.63, 3.8) is 0 Å². The summed E-state index contributed by atoms with van der Waals surface area (Å²) in [4.78, 5) is 24.3. The Balaban J connectivity index is 1.54. The maximum Gasteiger partial charge on any atom is 0.343 e. The van der Waals surface area contributed by atoms with Crippen LogP contribution in [0, 0.1) is 17.0 Å². The molecule has 0 aliphatic rings. The maximum absolute atomic E-state index is 12.6. The topological polar surface area (TPSA) is 69.4 Å². The van der Waals surface area contributed by atoms with Crippen molar-refractivity contribution in [3.8, 4) is 5.75 Å². The molecule has 4 aromatic rings. The third kappa shape index (κ3) is 4.75. The lowest BCUT2D eigenvalue weighted by atomic mass is 10.1. The fourth-order valence-electron chi connectivity index (χ4n) is 3.23. The molecule has 0 saturated heterocycles. The van der Waals surface area contributed by atoms with Crippen LogP contribution in [0.1, 0.15) is 21.5 Å². The van der Waals surface area contributed by atoms with E-state index in [4.69, 9.17) is 4.74 Å². The number of nitro benzene ring substituents is 1. The maximum atomic E-state index is 12.6. The summed E-state index contributed by atoms with van der Waals surface area (Å²) in [5.41, 5.74) is 2.28. The van der Waals surface area contributed by atoms with Crippen molar-refractivity contribution in [2.45, 2.75) is 17.6 Å². The van der Waals surface area contributed by atoms with Gasteiger partial charge < -0.3 is 4.74 Å². The van der Waals surface area contributed by atoms with Crippen LogP contribution in [0.25, 0.3) is 10.8 Å². The Kier molecular flexibility index (Phi) is 6.00. The zero-order chi connectivity index (χ0) is 21.8. The van der Waals surface area contributed by atoms with E-state index in [9.17, 15) is 14.9 Å². The average molecular weight is 429 g/mol. The molecule has 0 unspecified atom stereocenters. The Labute approximate surface area is 183 Å². The van der Waals surface area contributed by atoms with Crippen LogP contribution >= 0.6 is 11.8 Å². The van der Waals surface area contributed by atoms with Crippen LogP contribution < -0.4 is 4.74 Å². The number of nitrogens with zero attached hydrogens (tertiary/aromatic N) is 1. The molecule has 0 spiro atoms. The molecule has 31 heavy (non-hydrogen) atoms. The first kappa shape index (κ1) is 20.6. The van der Waals surface area contributed by atoms with Crippen LogP contribution in [-0.2, 0) is 5.75 Å². The highest BCUT2D eigenvalue weighted by Crippen LogP contribution is 2.33. The molecule has 154 valence electrons. The molecule has 0 aromatic heterocycles. The molecule has 0 fully saturated rings. The predicted octanol–water partition coefficient (Wildman–Crippen LogP) is 6.57. The van der Waals surface area contributed by atoms with Gasteiger partial charge in [0, 0.05) is 11.8 Å². The molecule has 0 saturated carbocycles. The standard InChI is InChI=1S/C25H19NO4S/c1-17-6-2-3-9-21(17)16-31-24-13-11-20(15-23(24)26(28)29)25(27)30-22-12-10-18-7-4-5-8-19(18)14-22/h2-15H,16H2,1H3. The minimum atomic E-state index is -0.631. The number of carbonyl (C=O) groups excluding carboxylic acids is 1. The zero-order valence-electron chi connectivity index (χ0n) is 16.8. The van der Waals surface area contributed by atoms with Gasteiger partial charge in [-0.3, -0.25) is 10.1 Å². The molecule has 0 atom stereocenters. The minimum absolute atomic E-state index is 0.105. The summed E-state index contributed by atoms with van der Waals surface area (Å²) in [5.74, 6) is 0.368. The Morgan fingerprint density at radius 2 is 1.68 bits per heavy atom. The first-order chi connectivity index (χ1) is 15.0. The summed E-state index contributed by atoms with van der Waals surface area (Å²) in [7, 11) is 0. The van der Waals surface area contributed by atoms with Crippen molar-refractivity contribution in [1.82, 2.24) is 0 Å². The number of carbonyl (C=O) groups is 1. The number of benzene rings is 4. The van der Waals surface area contributed by atoms with Crippen molar-refractivity contribution in [2.24, 2.45) is 0 Å². The first-order valence-electron chi connectivity index (χ1n) is 9.68. The monoisotopic (exact) mass is 429 g/mol. The van der Waals surface area contributed by atoms with Gasteiger partial charge in [0.05, 0.1) is 15.4 Å². The summed E-state index contributed by atoms with van der Waals surface area (Å²) in [6.07, 6.45) is 0. The van der Waals surface area contributed by atoms with Crippen molar-refractivity contribution in [2.75, 3.05) is 0 Å². The van der Waals surface area contributed by atoms with Crippen molar-refractivity contribution in [3.05, 3.63) is 112 Å². The van der Waals surface area contributed by atoms with Gasteiger partial charge in [0.25, 0.3) is 5.69 Å². The van der Waals surface area contributed by atoms with Gasteiger partial charge in [-0.15, -0.1) is 11.8 Å². The van der Waals surface area contributed by atoms with Crippen molar-refractivity contribution < 1.29 is 14.5 Å². The lowest BCUT2D eigenvalue weighted by Crippen LogP contribution is -2.09. The van der Waals surface area contributed by atoms with Gasteiger partial charge in [-0.2, -0.15) is 0 Å². The van der Waals surface area contributed by atoms with Gasteiger partial charge in [-0.05, 0) is 53.1 Å². The number of aryl methyl sites for hydroxylation is 1. The lowest BCUT2D eigenvalue weighted by Gasteiger charge is -2.08. The third-order valence-corrected chi connectivity index (χ3v) is 6.08. The minimum Gasteiger partial charge on any atom is -0.423 e. The molecule has 0 radical (unpaired) electrons. The highest BCUT2D eigenvalue weighted by atomic mass is 32.2. The van der Waals surface area contributed by atoms with Crippen molar-refractivity contribution in [1.29, 1.82) is 0 Å². The smallest absolute Gasteiger partial charge is 0.343 e. The van der Waals surface area contributed by atoms with Gasteiger partial charge in [-0.1, -0.05) is 54.6 Å². The summed E-state index contributed by atoms with van der Waals surface area (Å²) in [5, 5.41) is 13.6. The summed E-state index contributed by atoms with van der Waals surface area (Å²) >= 11 is 1.37. The molecule has 6 heteroatoms. The van der Waals surface area contributed by atoms with Crippen LogP contribution in [0.15, 0.2) is 89.8 Å². The highest BCUT2D eigenvalue weighted by Gasteiger charge is 2.19. The van der Waals surface area contributed by atoms with E-state index in [0.29, 0.717) is 16.4 Å². The average Bonchev–Trinajstić information content (AvgIpc) is 2.78. The largest absolute Gasteiger partial charge is 0.423 e. The number of ether oxygens (including phenoxy) is 1. The molecule has 0 heterocycles. The molecular formula is C25H19NO4S. The third-order valence-electron chi connectivity index (χ3n) is 4.97. The fraction of sp³-hybridized carbons (Fsp3) is 0.0800. The zero-order valence-corrected chi connectivity index (χ0v) is 17.6. The number of hydrogen-bond acceptors (Lipinski definition) is 5. The highest BCUT2D eigenvalue weighted by molar-refractivity contribution is 7.98. The molecule has 0 N–H and O–H groups in total. The fourth-order valence-corrected chi connectivity index (χ4v) is 4.31. The molecule has 4 rings (SSSR count). The van der Waals surface area contributed by atoms with E-state index < -0.39 is 10.9 Å². The number of hydrogen-bond donors (Lipinski definition) is 0. The lowest BCUT2D eigenvalue weighted by molar-refractivity contribution is -0.387. The van der Waals surface area contributed by atoms with Crippen LogP contribution in [-0.4, -0.2) is 10.9 Å². The predicted molar refractivity (Wildman–Crippen MR) is 123 cm³/mol. The quantitative estimate of drug-likeness (QED) is 0.114. The van der Waals surface area contributed by atoms with Crippen LogP contribution in [0.5, 0.6) is 5.75 Å². The van der Waals surface area contributed by atoms with E-state index in [2.05, 4.69) is 0 Å².